The van der Waals surface area contributed by atoms with Crippen LogP contribution in [-0.2, 0) is 11.2 Å². The van der Waals surface area contributed by atoms with Crippen LogP contribution < -0.4 is 0 Å². The number of hydrogen-bond donors (Lipinski definition) is 4. The van der Waals surface area contributed by atoms with Gasteiger partial charge in [0.2, 0.25) is 0 Å². The van der Waals surface area contributed by atoms with Crippen molar-refractivity contribution in [3.63, 3.8) is 0 Å². The maximum absolute atomic E-state index is 13.2. The van der Waals surface area contributed by atoms with Crippen molar-refractivity contribution < 1.29 is 14.3 Å². The minimum Gasteiger partial charge on any atom is -0.483 e. The van der Waals surface area contributed by atoms with Crippen LogP contribution in [0.3, 0.4) is 0 Å². The van der Waals surface area contributed by atoms with E-state index in [-0.39, 0.29) is 17.8 Å². The molecule has 1 aliphatic rings. The van der Waals surface area contributed by atoms with Crippen molar-refractivity contribution in [2.24, 2.45) is 15.2 Å². The number of fused-ring (bicyclic) bond motifs is 2. The summed E-state index contributed by atoms with van der Waals surface area (Å²) in [5.41, 5.74) is 4.29. The third-order valence-electron chi connectivity index (χ3n) is 5.91. The van der Waals surface area contributed by atoms with Crippen LogP contribution in [0.5, 0.6) is 0 Å². The summed E-state index contributed by atoms with van der Waals surface area (Å²) in [6.07, 6.45) is 4.31. The number of aromatic nitrogens is 2. The van der Waals surface area contributed by atoms with Gasteiger partial charge in [-0.15, -0.1) is 23.5 Å². The minimum absolute atomic E-state index is 0.0740. The Kier molecular flexibility index (Phi) is 18.4. The first-order valence-electron chi connectivity index (χ1n) is 14.0. The fourth-order valence-corrected chi connectivity index (χ4v) is 6.55. The molecule has 1 aliphatic heterocycles. The van der Waals surface area contributed by atoms with E-state index in [4.69, 9.17) is 14.9 Å². The summed E-state index contributed by atoms with van der Waals surface area (Å²) in [6.45, 7) is 12.2. The molecule has 0 saturated carbocycles. The SMILES string of the molecule is C=N/N=C/CSc1c(C)[nH]c2ccccc12.CC.CN(C)CC1=NC(C)(Cc2cc3ccc(F)cc3[nH]2)CS1.CS.O=CO. The summed E-state index contributed by atoms with van der Waals surface area (Å²) >= 11 is 7.12. The highest BCUT2D eigenvalue weighted by molar-refractivity contribution is 8.14. The Morgan fingerprint density at radius 2 is 1.86 bits per heavy atom. The Labute approximate surface area is 274 Å². The van der Waals surface area contributed by atoms with E-state index >= 15 is 0 Å². The molecule has 2 aromatic carbocycles. The molecule has 0 radical (unpaired) electrons. The second kappa shape index (κ2) is 20.8. The van der Waals surface area contributed by atoms with E-state index in [1.807, 2.05) is 37.7 Å². The molecule has 0 saturated heterocycles. The van der Waals surface area contributed by atoms with E-state index < -0.39 is 0 Å². The second-order valence-electron chi connectivity index (χ2n) is 9.71. The van der Waals surface area contributed by atoms with Crippen LogP contribution >= 0.6 is 36.2 Å². The Morgan fingerprint density at radius 3 is 2.52 bits per heavy atom. The monoisotopic (exact) mass is 660 g/mol. The zero-order chi connectivity index (χ0) is 33.1. The molecule has 44 heavy (non-hydrogen) atoms. The molecule has 0 bridgehead atoms. The molecule has 8 nitrogen and oxygen atoms in total. The van der Waals surface area contributed by atoms with Crippen molar-refractivity contribution in [1.82, 2.24) is 14.9 Å². The average molecular weight is 661 g/mol. The normalized spacial score (nSPS) is 15.3. The fraction of sp³-hybridized carbons (Fsp3) is 0.375. The Morgan fingerprint density at radius 1 is 1.18 bits per heavy atom. The smallest absolute Gasteiger partial charge is 0.290 e. The topological polar surface area (TPSA) is 109 Å². The van der Waals surface area contributed by atoms with Gasteiger partial charge >= 0.3 is 0 Å². The van der Waals surface area contributed by atoms with E-state index in [1.54, 1.807) is 30.3 Å². The first-order chi connectivity index (χ1) is 21.2. The molecular formula is C32H45FN6O2S3. The summed E-state index contributed by atoms with van der Waals surface area (Å²) in [7, 11) is 4.12. The Bertz CT molecular complexity index is 1500. The number of para-hydroxylation sites is 1. The molecule has 4 aromatic rings. The standard InChI is InChI=1S/C16H20FN3S.C12H13N3S.C2H6.CH2O2.CH4S/c1-16(10-21-15(19-16)9-20(2)3)8-13-6-11-4-5-12(17)7-14(11)18-13;1-9-12(16-8-7-14-13-2)10-5-3-4-6-11(10)15-9;1-2;2-1-3;1-2/h4-7,18H,8-10H2,1-3H3;3-7,15H,2,8H2,1H3;1-2H3;1H,(H,2,3);2H,1H3/b;14-7+;;;. The zero-order valence-electron chi connectivity index (χ0n) is 26.6. The summed E-state index contributed by atoms with van der Waals surface area (Å²) in [5, 5.41) is 17.6. The summed E-state index contributed by atoms with van der Waals surface area (Å²) in [6, 6.07) is 15.3. The number of rotatable bonds is 8. The molecular weight excluding hydrogens is 616 g/mol. The number of aryl methyl sites for hydroxylation is 1. The summed E-state index contributed by atoms with van der Waals surface area (Å²) < 4.78 is 13.2. The highest BCUT2D eigenvalue weighted by Crippen LogP contribution is 2.32. The fourth-order valence-electron chi connectivity index (χ4n) is 4.36. The number of halogens is 1. The molecule has 1 atom stereocenters. The minimum atomic E-state index is -0.250. The quantitative estimate of drug-likeness (QED) is 0.0506. The zero-order valence-corrected chi connectivity index (χ0v) is 29.1. The molecule has 0 fully saturated rings. The van der Waals surface area contributed by atoms with Crippen LogP contribution in [0.15, 0.2) is 68.6 Å². The maximum atomic E-state index is 13.2. The third-order valence-corrected chi connectivity index (χ3v) is 8.36. The molecule has 0 aliphatic carbocycles. The highest BCUT2D eigenvalue weighted by Gasteiger charge is 2.31. The molecule has 1 unspecified atom stereocenters. The molecule has 5 rings (SSSR count). The van der Waals surface area contributed by atoms with Gasteiger partial charge in [-0.05, 0) is 69.9 Å². The van der Waals surface area contributed by atoms with Gasteiger partial charge in [0.25, 0.3) is 6.47 Å². The van der Waals surface area contributed by atoms with Crippen molar-refractivity contribution in [1.29, 1.82) is 0 Å². The lowest BCUT2D eigenvalue weighted by Crippen LogP contribution is -2.25. The van der Waals surface area contributed by atoms with E-state index in [2.05, 4.69) is 96.6 Å². The molecule has 12 heteroatoms. The third kappa shape index (κ3) is 12.5. The lowest BCUT2D eigenvalue weighted by Gasteiger charge is -2.18. The molecule has 2 aromatic heterocycles. The number of H-pyrrole nitrogens is 2. The number of carboxylic acid groups (broad SMARTS) is 1. The van der Waals surface area contributed by atoms with E-state index in [0.29, 0.717) is 0 Å². The lowest BCUT2D eigenvalue weighted by molar-refractivity contribution is -0.122. The molecule has 240 valence electrons. The van der Waals surface area contributed by atoms with Gasteiger partial charge in [-0.2, -0.15) is 22.8 Å². The number of thiol groups is 1. The van der Waals surface area contributed by atoms with Crippen molar-refractivity contribution in [2.45, 2.75) is 44.6 Å². The number of hydrogen-bond acceptors (Lipinski definition) is 8. The van der Waals surface area contributed by atoms with Crippen molar-refractivity contribution in [2.75, 3.05) is 38.4 Å². The van der Waals surface area contributed by atoms with Gasteiger partial charge in [-0.1, -0.05) is 32.0 Å². The van der Waals surface area contributed by atoms with Crippen molar-refractivity contribution >= 4 is 82.4 Å². The van der Waals surface area contributed by atoms with Crippen LogP contribution in [-0.4, -0.2) is 88.4 Å². The van der Waals surface area contributed by atoms with Gasteiger partial charge < -0.3 is 20.0 Å². The first kappa shape index (κ1) is 39.0. The van der Waals surface area contributed by atoms with Crippen LogP contribution in [0.25, 0.3) is 21.8 Å². The van der Waals surface area contributed by atoms with Crippen LogP contribution in [0.2, 0.25) is 0 Å². The van der Waals surface area contributed by atoms with Gasteiger partial charge in [0.05, 0.1) is 10.6 Å². The van der Waals surface area contributed by atoms with Crippen molar-refractivity contribution in [3.8, 4) is 0 Å². The van der Waals surface area contributed by atoms with Crippen LogP contribution in [0.1, 0.15) is 32.2 Å². The van der Waals surface area contributed by atoms with Gasteiger partial charge in [0.1, 0.15) is 5.82 Å². The number of nitrogens with one attached hydrogen (secondary N) is 2. The highest BCUT2D eigenvalue weighted by atomic mass is 32.2. The number of carbonyl (C=O) groups is 1. The predicted octanol–water partition coefficient (Wildman–Crippen LogP) is 7.84. The van der Waals surface area contributed by atoms with E-state index in [0.717, 1.165) is 41.1 Å². The lowest BCUT2D eigenvalue weighted by atomic mass is 9.99. The van der Waals surface area contributed by atoms with Crippen LogP contribution in [0.4, 0.5) is 4.39 Å². The number of thioether (sulfide) groups is 2. The molecule has 0 spiro atoms. The number of aliphatic imine (C=N–C) groups is 1. The summed E-state index contributed by atoms with van der Waals surface area (Å²) in [4.78, 5) is 23.4. The summed E-state index contributed by atoms with van der Waals surface area (Å²) in [5.74, 6) is 1.60. The maximum Gasteiger partial charge on any atom is 0.290 e. The first-order valence-corrected chi connectivity index (χ1v) is 16.9. The number of nitrogens with zero attached hydrogens (tertiary/aromatic N) is 4. The second-order valence-corrected chi connectivity index (χ2v) is 11.8. The van der Waals surface area contributed by atoms with Crippen molar-refractivity contribution in [3.05, 3.63) is 65.7 Å². The predicted molar refractivity (Wildman–Crippen MR) is 196 cm³/mol. The number of benzene rings is 2. The number of aromatic amines is 2. The molecule has 3 N–H and O–H groups in total. The Balaban J connectivity index is 0.000000375. The molecule has 0 amide bonds. The van der Waals surface area contributed by atoms with Crippen LogP contribution in [0, 0.1) is 12.7 Å². The van der Waals surface area contributed by atoms with Gasteiger partial charge in [0, 0.05) is 70.1 Å². The van der Waals surface area contributed by atoms with E-state index in [9.17, 15) is 4.39 Å². The van der Waals surface area contributed by atoms with Gasteiger partial charge in [-0.3, -0.25) is 9.79 Å². The Hall–Kier alpha value is -3.06. The van der Waals surface area contributed by atoms with Gasteiger partial charge in [-0.25, -0.2) is 4.39 Å². The average Bonchev–Trinajstić information content (AvgIpc) is 3.67. The largest absolute Gasteiger partial charge is 0.483 e. The van der Waals surface area contributed by atoms with E-state index in [1.165, 1.54) is 32.6 Å². The van der Waals surface area contributed by atoms with Gasteiger partial charge in [0.15, 0.2) is 0 Å². The molecule has 3 heterocycles.